The fourth-order valence-corrected chi connectivity index (χ4v) is 2.33. The highest BCUT2D eigenvalue weighted by Crippen LogP contribution is 2.39. The fourth-order valence-electron chi connectivity index (χ4n) is 2.33. The molecular weight excluding hydrogens is 224 g/mol. The standard InChI is InChI=1S/C16H24O2/c1-7-13-9-14(12(4)8-11(2)3)16(18-6)15(10-13)17-5/h7,9-12H,1,8H2,2-6H3. The van der Waals surface area contributed by atoms with E-state index in [1.165, 1.54) is 5.56 Å². The quantitative estimate of drug-likeness (QED) is 0.738. The third-order valence-corrected chi connectivity index (χ3v) is 3.12. The maximum Gasteiger partial charge on any atom is 0.164 e. The lowest BCUT2D eigenvalue weighted by Crippen LogP contribution is -2.03. The molecule has 0 aromatic heterocycles. The van der Waals surface area contributed by atoms with Crippen molar-refractivity contribution in [3.05, 3.63) is 29.8 Å². The van der Waals surface area contributed by atoms with Crippen LogP contribution in [0.3, 0.4) is 0 Å². The van der Waals surface area contributed by atoms with Gasteiger partial charge in [-0.2, -0.15) is 0 Å². The summed E-state index contributed by atoms with van der Waals surface area (Å²) < 4.78 is 10.9. The minimum atomic E-state index is 0.439. The molecule has 0 aliphatic heterocycles. The van der Waals surface area contributed by atoms with Crippen molar-refractivity contribution in [3.63, 3.8) is 0 Å². The Morgan fingerprint density at radius 3 is 2.28 bits per heavy atom. The minimum absolute atomic E-state index is 0.439. The van der Waals surface area contributed by atoms with Crippen molar-refractivity contribution in [2.45, 2.75) is 33.1 Å². The molecule has 0 heterocycles. The molecular formula is C16H24O2. The van der Waals surface area contributed by atoms with Crippen LogP contribution in [0.1, 0.15) is 44.2 Å². The van der Waals surface area contributed by atoms with Crippen LogP contribution in [0.25, 0.3) is 6.08 Å². The fraction of sp³-hybridized carbons (Fsp3) is 0.500. The van der Waals surface area contributed by atoms with Gasteiger partial charge in [-0.1, -0.05) is 33.4 Å². The Morgan fingerprint density at radius 1 is 1.17 bits per heavy atom. The van der Waals surface area contributed by atoms with E-state index in [0.29, 0.717) is 11.8 Å². The van der Waals surface area contributed by atoms with Gasteiger partial charge in [-0.05, 0) is 36.0 Å². The molecule has 0 bridgehead atoms. The van der Waals surface area contributed by atoms with Crippen molar-refractivity contribution in [2.75, 3.05) is 14.2 Å². The third-order valence-electron chi connectivity index (χ3n) is 3.12. The van der Waals surface area contributed by atoms with Crippen molar-refractivity contribution in [1.82, 2.24) is 0 Å². The highest BCUT2D eigenvalue weighted by atomic mass is 16.5. The van der Waals surface area contributed by atoms with Gasteiger partial charge in [0.2, 0.25) is 0 Å². The first-order valence-corrected chi connectivity index (χ1v) is 6.41. The molecule has 0 amide bonds. The van der Waals surface area contributed by atoms with Crippen LogP contribution in [-0.2, 0) is 0 Å². The monoisotopic (exact) mass is 248 g/mol. The lowest BCUT2D eigenvalue weighted by Gasteiger charge is -2.20. The zero-order valence-corrected chi connectivity index (χ0v) is 12.1. The van der Waals surface area contributed by atoms with Gasteiger partial charge in [0, 0.05) is 5.56 Å². The van der Waals surface area contributed by atoms with E-state index in [0.717, 1.165) is 23.5 Å². The summed E-state index contributed by atoms with van der Waals surface area (Å²) in [6.45, 7) is 10.5. The summed E-state index contributed by atoms with van der Waals surface area (Å²) >= 11 is 0. The average Bonchev–Trinajstić information content (AvgIpc) is 2.35. The molecule has 0 radical (unpaired) electrons. The second-order valence-corrected chi connectivity index (χ2v) is 5.08. The SMILES string of the molecule is C=Cc1cc(OC)c(OC)c(C(C)CC(C)C)c1. The van der Waals surface area contributed by atoms with Crippen molar-refractivity contribution >= 4 is 6.08 Å². The zero-order valence-electron chi connectivity index (χ0n) is 12.1. The maximum absolute atomic E-state index is 5.51. The van der Waals surface area contributed by atoms with E-state index in [-0.39, 0.29) is 0 Å². The van der Waals surface area contributed by atoms with Crippen LogP contribution in [0.2, 0.25) is 0 Å². The molecule has 1 atom stereocenters. The lowest BCUT2D eigenvalue weighted by molar-refractivity contribution is 0.347. The predicted molar refractivity (Wildman–Crippen MR) is 77.5 cm³/mol. The summed E-state index contributed by atoms with van der Waals surface area (Å²) in [4.78, 5) is 0. The minimum Gasteiger partial charge on any atom is -0.493 e. The molecule has 1 unspecified atom stereocenters. The molecule has 0 fully saturated rings. The van der Waals surface area contributed by atoms with Crippen molar-refractivity contribution in [2.24, 2.45) is 5.92 Å². The van der Waals surface area contributed by atoms with Gasteiger partial charge in [0.05, 0.1) is 14.2 Å². The zero-order chi connectivity index (χ0) is 13.7. The summed E-state index contributed by atoms with van der Waals surface area (Å²) in [5.74, 6) is 2.72. The smallest absolute Gasteiger partial charge is 0.164 e. The van der Waals surface area contributed by atoms with Crippen molar-refractivity contribution in [1.29, 1.82) is 0 Å². The summed E-state index contributed by atoms with van der Waals surface area (Å²) in [6.07, 6.45) is 2.97. The van der Waals surface area contributed by atoms with Gasteiger partial charge in [0.1, 0.15) is 0 Å². The first-order valence-electron chi connectivity index (χ1n) is 6.41. The van der Waals surface area contributed by atoms with Crippen LogP contribution in [0.15, 0.2) is 18.7 Å². The van der Waals surface area contributed by atoms with E-state index >= 15 is 0 Å². The third kappa shape index (κ3) is 3.28. The van der Waals surface area contributed by atoms with Gasteiger partial charge >= 0.3 is 0 Å². The topological polar surface area (TPSA) is 18.5 Å². The van der Waals surface area contributed by atoms with Crippen LogP contribution in [0.4, 0.5) is 0 Å². The van der Waals surface area contributed by atoms with Crippen LogP contribution < -0.4 is 9.47 Å². The van der Waals surface area contributed by atoms with Gasteiger partial charge in [0.25, 0.3) is 0 Å². The van der Waals surface area contributed by atoms with Crippen LogP contribution in [-0.4, -0.2) is 14.2 Å². The second-order valence-electron chi connectivity index (χ2n) is 5.08. The normalized spacial score (nSPS) is 12.3. The van der Waals surface area contributed by atoms with Crippen LogP contribution in [0.5, 0.6) is 11.5 Å². The largest absolute Gasteiger partial charge is 0.493 e. The Kier molecular flexibility index (Phi) is 5.26. The Balaban J connectivity index is 3.25. The van der Waals surface area contributed by atoms with E-state index in [1.54, 1.807) is 14.2 Å². The molecule has 100 valence electrons. The van der Waals surface area contributed by atoms with Crippen molar-refractivity contribution < 1.29 is 9.47 Å². The van der Waals surface area contributed by atoms with Gasteiger partial charge in [-0.25, -0.2) is 0 Å². The number of hydrogen-bond acceptors (Lipinski definition) is 2. The molecule has 1 rings (SSSR count). The summed E-state index contributed by atoms with van der Waals surface area (Å²) in [5, 5.41) is 0. The van der Waals surface area contributed by atoms with Gasteiger partial charge in [-0.15, -0.1) is 0 Å². The predicted octanol–water partition coefficient (Wildman–Crippen LogP) is 4.50. The first-order chi connectivity index (χ1) is 8.53. The molecule has 2 heteroatoms. The Labute approximate surface area is 111 Å². The number of benzene rings is 1. The highest BCUT2D eigenvalue weighted by molar-refractivity contribution is 5.59. The summed E-state index contributed by atoms with van der Waals surface area (Å²) in [7, 11) is 3.36. The first kappa shape index (κ1) is 14.6. The van der Waals surface area contributed by atoms with Crippen LogP contribution in [0, 0.1) is 5.92 Å². The molecule has 0 spiro atoms. The Bertz CT molecular complexity index is 408. The van der Waals surface area contributed by atoms with E-state index < -0.39 is 0 Å². The highest BCUT2D eigenvalue weighted by Gasteiger charge is 2.17. The van der Waals surface area contributed by atoms with E-state index in [1.807, 2.05) is 12.1 Å². The summed E-state index contributed by atoms with van der Waals surface area (Å²) in [5.41, 5.74) is 2.26. The molecule has 1 aromatic carbocycles. The number of ether oxygens (including phenoxy) is 2. The van der Waals surface area contributed by atoms with E-state index in [4.69, 9.17) is 9.47 Å². The number of hydrogen-bond donors (Lipinski definition) is 0. The van der Waals surface area contributed by atoms with Crippen LogP contribution >= 0.6 is 0 Å². The van der Waals surface area contributed by atoms with Gasteiger partial charge in [0.15, 0.2) is 11.5 Å². The van der Waals surface area contributed by atoms with Gasteiger partial charge < -0.3 is 9.47 Å². The van der Waals surface area contributed by atoms with Crippen molar-refractivity contribution in [3.8, 4) is 11.5 Å². The molecule has 0 aliphatic carbocycles. The maximum atomic E-state index is 5.51. The Morgan fingerprint density at radius 2 is 1.83 bits per heavy atom. The van der Waals surface area contributed by atoms with Gasteiger partial charge in [-0.3, -0.25) is 0 Å². The number of rotatable bonds is 6. The summed E-state index contributed by atoms with van der Waals surface area (Å²) in [6, 6.07) is 4.10. The number of methoxy groups -OCH3 is 2. The molecule has 1 aromatic rings. The molecule has 18 heavy (non-hydrogen) atoms. The molecule has 0 aliphatic rings. The molecule has 2 nitrogen and oxygen atoms in total. The molecule has 0 N–H and O–H groups in total. The van der Waals surface area contributed by atoms with E-state index in [9.17, 15) is 0 Å². The molecule has 0 saturated carbocycles. The average molecular weight is 248 g/mol. The Hall–Kier alpha value is -1.44. The molecule has 0 saturated heterocycles. The van der Waals surface area contributed by atoms with E-state index in [2.05, 4.69) is 33.4 Å². The lowest BCUT2D eigenvalue weighted by atomic mass is 9.90. The second kappa shape index (κ2) is 6.48.